The summed E-state index contributed by atoms with van der Waals surface area (Å²) in [5.41, 5.74) is 3.58. The SMILES string of the molecule is CSCCC(NC(=O)c1ccc(CN(CCC2CCCCC2)S(=O)(=O)CCCCl)cc1-c1ccccc1C)C(=O)O. The third-order valence-corrected chi connectivity index (χ3v) is 10.6. The smallest absolute Gasteiger partial charge is 0.326 e. The summed E-state index contributed by atoms with van der Waals surface area (Å²) in [6.45, 7) is 2.60. The Morgan fingerprint density at radius 3 is 2.51 bits per heavy atom. The van der Waals surface area contributed by atoms with E-state index in [-0.39, 0.29) is 18.2 Å². The number of amides is 1. The van der Waals surface area contributed by atoms with E-state index in [0.717, 1.165) is 36.0 Å². The molecule has 1 aliphatic carbocycles. The highest BCUT2D eigenvalue weighted by Crippen LogP contribution is 2.30. The highest BCUT2D eigenvalue weighted by atomic mass is 35.5. The van der Waals surface area contributed by atoms with Crippen LogP contribution in [-0.2, 0) is 21.4 Å². The van der Waals surface area contributed by atoms with Crippen molar-refractivity contribution in [3.05, 3.63) is 59.2 Å². The number of carbonyl (C=O) groups is 2. The van der Waals surface area contributed by atoms with Crippen LogP contribution in [0.25, 0.3) is 11.1 Å². The zero-order valence-electron chi connectivity index (χ0n) is 24.1. The van der Waals surface area contributed by atoms with Crippen LogP contribution in [0.5, 0.6) is 0 Å². The maximum atomic E-state index is 13.4. The van der Waals surface area contributed by atoms with Crippen molar-refractivity contribution in [3.63, 3.8) is 0 Å². The van der Waals surface area contributed by atoms with Crippen LogP contribution in [0.4, 0.5) is 0 Å². The standard InChI is InChI=1S/C31H43ClN2O5S2/c1-23-9-6-7-12-26(23)28-21-25(13-14-27(28)30(35)33-29(31(36)37)16-19-40-2)22-34(41(38,39)20-8-17-32)18-15-24-10-4-3-5-11-24/h6-7,9,12-14,21,24,29H,3-5,8,10-11,15-20,22H2,1-2H3,(H,33,35)(H,36,37). The molecule has 41 heavy (non-hydrogen) atoms. The topological polar surface area (TPSA) is 104 Å². The van der Waals surface area contributed by atoms with Crippen molar-refractivity contribution < 1.29 is 23.1 Å². The lowest BCUT2D eigenvalue weighted by Gasteiger charge is -2.27. The maximum absolute atomic E-state index is 13.4. The molecule has 2 N–H and O–H groups in total. The van der Waals surface area contributed by atoms with Gasteiger partial charge in [0.25, 0.3) is 5.91 Å². The molecule has 1 saturated carbocycles. The monoisotopic (exact) mass is 622 g/mol. The van der Waals surface area contributed by atoms with E-state index in [4.69, 9.17) is 11.6 Å². The molecule has 2 aromatic rings. The molecule has 3 rings (SSSR count). The number of carboxylic acids is 1. The van der Waals surface area contributed by atoms with Gasteiger partial charge in [0, 0.05) is 24.5 Å². The number of benzene rings is 2. The summed E-state index contributed by atoms with van der Waals surface area (Å²) in [5, 5.41) is 12.3. The summed E-state index contributed by atoms with van der Waals surface area (Å²) in [7, 11) is -3.53. The Labute approximate surface area is 254 Å². The molecule has 0 spiro atoms. The van der Waals surface area contributed by atoms with Gasteiger partial charge in [0.15, 0.2) is 0 Å². The lowest BCUT2D eigenvalue weighted by molar-refractivity contribution is -0.139. The van der Waals surface area contributed by atoms with Gasteiger partial charge in [-0.15, -0.1) is 11.6 Å². The van der Waals surface area contributed by atoms with E-state index in [1.807, 2.05) is 43.5 Å². The number of nitrogens with zero attached hydrogens (tertiary/aromatic N) is 1. The predicted octanol–water partition coefficient (Wildman–Crippen LogP) is 6.33. The number of sulfonamides is 1. The van der Waals surface area contributed by atoms with Crippen LogP contribution in [-0.4, -0.2) is 65.9 Å². The van der Waals surface area contributed by atoms with Gasteiger partial charge in [-0.3, -0.25) is 4.79 Å². The molecule has 0 radical (unpaired) electrons. The fourth-order valence-corrected chi connectivity index (χ4v) is 7.66. The maximum Gasteiger partial charge on any atom is 0.326 e. The van der Waals surface area contributed by atoms with Crippen LogP contribution in [0.15, 0.2) is 42.5 Å². The average molecular weight is 623 g/mol. The van der Waals surface area contributed by atoms with E-state index in [2.05, 4.69) is 5.32 Å². The van der Waals surface area contributed by atoms with Crippen LogP contribution in [0.2, 0.25) is 0 Å². The normalized spacial score (nSPS) is 15.1. The van der Waals surface area contributed by atoms with Gasteiger partial charge in [0.05, 0.1) is 5.75 Å². The van der Waals surface area contributed by atoms with Gasteiger partial charge in [-0.25, -0.2) is 13.2 Å². The molecular weight excluding hydrogens is 580 g/mol. The molecule has 0 saturated heterocycles. The first kappa shape index (κ1) is 33.4. The number of halogens is 1. The van der Waals surface area contributed by atoms with Gasteiger partial charge >= 0.3 is 5.97 Å². The molecule has 0 aliphatic heterocycles. The van der Waals surface area contributed by atoms with Crippen molar-refractivity contribution in [3.8, 4) is 11.1 Å². The first-order valence-electron chi connectivity index (χ1n) is 14.4. The van der Waals surface area contributed by atoms with Crippen LogP contribution in [0.1, 0.15) is 72.9 Å². The third-order valence-electron chi connectivity index (χ3n) is 7.78. The number of alkyl halides is 1. The number of rotatable bonds is 16. The van der Waals surface area contributed by atoms with Crippen molar-refractivity contribution in [1.29, 1.82) is 0 Å². The second-order valence-electron chi connectivity index (χ2n) is 10.8. The van der Waals surface area contributed by atoms with Gasteiger partial charge in [0.1, 0.15) is 6.04 Å². The van der Waals surface area contributed by atoms with Crippen molar-refractivity contribution in [1.82, 2.24) is 9.62 Å². The van der Waals surface area contributed by atoms with E-state index >= 15 is 0 Å². The number of carboxylic acid groups (broad SMARTS) is 1. The Hall–Kier alpha value is -2.07. The molecular formula is C31H43ClN2O5S2. The third kappa shape index (κ3) is 10.0. The number of aryl methyl sites for hydroxylation is 1. The average Bonchev–Trinajstić information content (AvgIpc) is 2.96. The zero-order chi connectivity index (χ0) is 29.8. The van der Waals surface area contributed by atoms with Gasteiger partial charge < -0.3 is 10.4 Å². The minimum absolute atomic E-state index is 0.00106. The Balaban J connectivity index is 1.94. The molecule has 0 bridgehead atoms. The molecule has 2 aromatic carbocycles. The summed E-state index contributed by atoms with van der Waals surface area (Å²) in [4.78, 5) is 25.2. The van der Waals surface area contributed by atoms with Crippen molar-refractivity contribution in [2.24, 2.45) is 5.92 Å². The number of nitrogens with one attached hydrogen (secondary N) is 1. The van der Waals surface area contributed by atoms with Crippen LogP contribution >= 0.6 is 23.4 Å². The highest BCUT2D eigenvalue weighted by Gasteiger charge is 2.26. The number of carbonyl (C=O) groups excluding carboxylic acids is 1. The second-order valence-corrected chi connectivity index (χ2v) is 14.3. The van der Waals surface area contributed by atoms with Gasteiger partial charge in [0.2, 0.25) is 10.0 Å². The Morgan fingerprint density at radius 2 is 1.85 bits per heavy atom. The summed E-state index contributed by atoms with van der Waals surface area (Å²) in [6.07, 6.45) is 9.37. The van der Waals surface area contributed by atoms with E-state index in [1.54, 1.807) is 16.4 Å². The largest absolute Gasteiger partial charge is 0.480 e. The lowest BCUT2D eigenvalue weighted by Crippen LogP contribution is -2.41. The number of hydrogen-bond donors (Lipinski definition) is 2. The van der Waals surface area contributed by atoms with Crippen molar-refractivity contribution in [2.45, 2.75) is 70.9 Å². The van der Waals surface area contributed by atoms with E-state index in [9.17, 15) is 23.1 Å². The first-order chi connectivity index (χ1) is 19.7. The Morgan fingerprint density at radius 1 is 1.12 bits per heavy atom. The van der Waals surface area contributed by atoms with Crippen LogP contribution < -0.4 is 5.32 Å². The molecule has 7 nitrogen and oxygen atoms in total. The molecule has 10 heteroatoms. The summed E-state index contributed by atoms with van der Waals surface area (Å²) in [6, 6.07) is 12.0. The molecule has 1 unspecified atom stereocenters. The van der Waals surface area contributed by atoms with E-state index in [1.165, 1.54) is 31.0 Å². The quantitative estimate of drug-likeness (QED) is 0.212. The molecule has 1 atom stereocenters. The van der Waals surface area contributed by atoms with Crippen molar-refractivity contribution in [2.75, 3.05) is 30.2 Å². The number of hydrogen-bond acceptors (Lipinski definition) is 5. The van der Waals surface area contributed by atoms with E-state index in [0.29, 0.717) is 42.2 Å². The van der Waals surface area contributed by atoms with E-state index < -0.39 is 27.9 Å². The minimum atomic E-state index is -3.53. The fourth-order valence-electron chi connectivity index (χ4n) is 5.40. The molecule has 1 amide bonds. The lowest BCUT2D eigenvalue weighted by atomic mass is 9.87. The minimum Gasteiger partial charge on any atom is -0.480 e. The fraction of sp³-hybridized carbons (Fsp3) is 0.548. The van der Waals surface area contributed by atoms with Gasteiger partial charge in [-0.1, -0.05) is 62.4 Å². The molecule has 1 fully saturated rings. The Kier molecular flexibility index (Phi) is 13.5. The molecule has 1 aliphatic rings. The summed E-state index contributed by atoms with van der Waals surface area (Å²) < 4.78 is 28.3. The van der Waals surface area contributed by atoms with Crippen LogP contribution in [0, 0.1) is 12.8 Å². The Bertz CT molecular complexity index is 1260. The highest BCUT2D eigenvalue weighted by molar-refractivity contribution is 7.98. The predicted molar refractivity (Wildman–Crippen MR) is 169 cm³/mol. The van der Waals surface area contributed by atoms with Crippen LogP contribution in [0.3, 0.4) is 0 Å². The van der Waals surface area contributed by atoms with Crippen molar-refractivity contribution >= 4 is 45.3 Å². The second kappa shape index (κ2) is 16.5. The number of thioether (sulfide) groups is 1. The van der Waals surface area contributed by atoms with Gasteiger partial charge in [-0.05, 0) is 78.5 Å². The molecule has 0 heterocycles. The zero-order valence-corrected chi connectivity index (χ0v) is 26.5. The molecule has 226 valence electrons. The van der Waals surface area contributed by atoms with Gasteiger partial charge in [-0.2, -0.15) is 16.1 Å². The number of aliphatic carboxylic acids is 1. The first-order valence-corrected chi connectivity index (χ1v) is 17.9. The molecule has 0 aromatic heterocycles. The summed E-state index contributed by atoms with van der Waals surface area (Å²) in [5.74, 6) is -0.111. The summed E-state index contributed by atoms with van der Waals surface area (Å²) >= 11 is 7.37.